The normalized spacial score (nSPS) is 19.5. The first kappa shape index (κ1) is 19.5. The maximum absolute atomic E-state index is 13.2. The third-order valence-corrected chi connectivity index (χ3v) is 6.01. The van der Waals surface area contributed by atoms with Crippen LogP contribution in [0.2, 0.25) is 5.02 Å². The predicted octanol–water partition coefficient (Wildman–Crippen LogP) is 4.45. The SMILES string of the molecule is O=C(NC1CCCC1)C(c1ccc(Cl)cc1)N(C(=O)CCl)C1CCCC1. The molecule has 2 fully saturated rings. The second-order valence-corrected chi connectivity index (χ2v) is 8.02. The molecule has 2 aliphatic rings. The largest absolute Gasteiger partial charge is 0.351 e. The Hall–Kier alpha value is -1.26. The molecule has 0 radical (unpaired) electrons. The third kappa shape index (κ3) is 4.52. The fraction of sp³-hybridized carbons (Fsp3) is 0.600. The van der Waals surface area contributed by atoms with Gasteiger partial charge in [0.15, 0.2) is 0 Å². The van der Waals surface area contributed by atoms with Crippen molar-refractivity contribution in [3.8, 4) is 0 Å². The lowest BCUT2D eigenvalue weighted by Gasteiger charge is -2.36. The Labute approximate surface area is 165 Å². The molecule has 0 spiro atoms. The summed E-state index contributed by atoms with van der Waals surface area (Å²) in [5, 5.41) is 3.78. The van der Waals surface area contributed by atoms with Gasteiger partial charge in [0.1, 0.15) is 11.9 Å². The van der Waals surface area contributed by atoms with Crippen LogP contribution in [-0.4, -0.2) is 34.7 Å². The van der Waals surface area contributed by atoms with Gasteiger partial charge in [-0.1, -0.05) is 49.4 Å². The van der Waals surface area contributed by atoms with Crippen molar-refractivity contribution >= 4 is 35.0 Å². The van der Waals surface area contributed by atoms with Crippen molar-refractivity contribution in [2.24, 2.45) is 0 Å². The molecule has 6 heteroatoms. The average Bonchev–Trinajstić information content (AvgIpc) is 3.34. The third-order valence-electron chi connectivity index (χ3n) is 5.53. The Morgan fingerprint density at radius 1 is 1.04 bits per heavy atom. The van der Waals surface area contributed by atoms with Crippen LogP contribution < -0.4 is 5.32 Å². The first-order chi connectivity index (χ1) is 12.6. The number of carbonyl (C=O) groups excluding carboxylic acids is 2. The van der Waals surface area contributed by atoms with Crippen molar-refractivity contribution in [1.29, 1.82) is 0 Å². The van der Waals surface area contributed by atoms with Crippen LogP contribution in [0.5, 0.6) is 0 Å². The molecule has 1 unspecified atom stereocenters. The van der Waals surface area contributed by atoms with Crippen molar-refractivity contribution in [3.05, 3.63) is 34.9 Å². The maximum Gasteiger partial charge on any atom is 0.247 e. The van der Waals surface area contributed by atoms with Crippen molar-refractivity contribution in [2.75, 3.05) is 5.88 Å². The number of amides is 2. The summed E-state index contributed by atoms with van der Waals surface area (Å²) in [5.74, 6) is -0.401. The topological polar surface area (TPSA) is 49.4 Å². The number of rotatable bonds is 6. The zero-order valence-corrected chi connectivity index (χ0v) is 16.4. The van der Waals surface area contributed by atoms with E-state index < -0.39 is 6.04 Å². The van der Waals surface area contributed by atoms with Crippen LogP contribution in [0.4, 0.5) is 0 Å². The highest BCUT2D eigenvalue weighted by Gasteiger charge is 2.37. The Balaban J connectivity index is 1.92. The summed E-state index contributed by atoms with van der Waals surface area (Å²) >= 11 is 11.9. The van der Waals surface area contributed by atoms with Gasteiger partial charge in [-0.3, -0.25) is 9.59 Å². The quantitative estimate of drug-likeness (QED) is 0.721. The van der Waals surface area contributed by atoms with Crippen molar-refractivity contribution < 1.29 is 9.59 Å². The van der Waals surface area contributed by atoms with Gasteiger partial charge in [-0.15, -0.1) is 11.6 Å². The summed E-state index contributed by atoms with van der Waals surface area (Å²) in [5.41, 5.74) is 0.787. The summed E-state index contributed by atoms with van der Waals surface area (Å²) in [6.07, 6.45) is 8.29. The van der Waals surface area contributed by atoms with E-state index in [9.17, 15) is 9.59 Å². The summed E-state index contributed by atoms with van der Waals surface area (Å²) in [4.78, 5) is 27.7. The maximum atomic E-state index is 13.2. The van der Waals surface area contributed by atoms with Gasteiger partial charge in [-0.25, -0.2) is 0 Å². The molecular weight excluding hydrogens is 371 g/mol. The van der Waals surface area contributed by atoms with Crippen LogP contribution in [0.1, 0.15) is 63.0 Å². The molecule has 1 aromatic rings. The van der Waals surface area contributed by atoms with Gasteiger partial charge in [0.25, 0.3) is 0 Å². The number of hydrogen-bond donors (Lipinski definition) is 1. The molecule has 2 amide bonds. The van der Waals surface area contributed by atoms with Crippen LogP contribution in [0.15, 0.2) is 24.3 Å². The number of hydrogen-bond acceptors (Lipinski definition) is 2. The zero-order valence-electron chi connectivity index (χ0n) is 14.9. The van der Waals surface area contributed by atoms with Gasteiger partial charge in [-0.2, -0.15) is 0 Å². The fourth-order valence-electron chi connectivity index (χ4n) is 4.24. The number of alkyl halides is 1. The minimum Gasteiger partial charge on any atom is -0.351 e. The molecule has 0 aromatic heterocycles. The van der Waals surface area contributed by atoms with E-state index in [4.69, 9.17) is 23.2 Å². The van der Waals surface area contributed by atoms with Crippen LogP contribution in [0.25, 0.3) is 0 Å². The standard InChI is InChI=1S/C20H26Cl2N2O2/c21-13-18(25)24(17-7-3-4-8-17)19(14-9-11-15(22)12-10-14)20(26)23-16-5-1-2-6-16/h9-12,16-17,19H,1-8,13H2,(H,23,26). The van der Waals surface area contributed by atoms with Crippen molar-refractivity contribution in [2.45, 2.75) is 69.5 Å². The molecule has 0 heterocycles. The summed E-state index contributed by atoms with van der Waals surface area (Å²) in [6.45, 7) is 0. The summed E-state index contributed by atoms with van der Waals surface area (Å²) < 4.78 is 0. The van der Waals surface area contributed by atoms with E-state index in [1.807, 2.05) is 12.1 Å². The second-order valence-electron chi connectivity index (χ2n) is 7.32. The highest BCUT2D eigenvalue weighted by atomic mass is 35.5. The minimum atomic E-state index is -0.651. The molecule has 3 rings (SSSR count). The molecule has 1 aromatic carbocycles. The lowest BCUT2D eigenvalue weighted by Crippen LogP contribution is -2.50. The Kier molecular flexibility index (Phi) is 6.82. The number of benzene rings is 1. The van der Waals surface area contributed by atoms with E-state index in [-0.39, 0.29) is 29.8 Å². The van der Waals surface area contributed by atoms with E-state index >= 15 is 0 Å². The minimum absolute atomic E-state index is 0.0660. The van der Waals surface area contributed by atoms with Crippen molar-refractivity contribution in [1.82, 2.24) is 10.2 Å². The predicted molar refractivity (Wildman–Crippen MR) is 104 cm³/mol. The van der Waals surface area contributed by atoms with Gasteiger partial charge in [0, 0.05) is 17.1 Å². The summed E-state index contributed by atoms with van der Waals surface area (Å²) in [7, 11) is 0. The zero-order chi connectivity index (χ0) is 18.5. The first-order valence-corrected chi connectivity index (χ1v) is 10.4. The van der Waals surface area contributed by atoms with Crippen LogP contribution >= 0.6 is 23.2 Å². The molecule has 4 nitrogen and oxygen atoms in total. The van der Waals surface area contributed by atoms with Gasteiger partial charge < -0.3 is 10.2 Å². The first-order valence-electron chi connectivity index (χ1n) is 9.53. The highest BCUT2D eigenvalue weighted by Crippen LogP contribution is 2.33. The van der Waals surface area contributed by atoms with Gasteiger partial charge >= 0.3 is 0 Å². The molecular formula is C20H26Cl2N2O2. The molecule has 0 aliphatic heterocycles. The van der Waals surface area contributed by atoms with E-state index in [1.54, 1.807) is 17.0 Å². The molecule has 142 valence electrons. The van der Waals surface area contributed by atoms with E-state index in [0.717, 1.165) is 56.9 Å². The molecule has 2 aliphatic carbocycles. The number of nitrogens with zero attached hydrogens (tertiary/aromatic N) is 1. The van der Waals surface area contributed by atoms with Crippen LogP contribution in [-0.2, 0) is 9.59 Å². The van der Waals surface area contributed by atoms with Gasteiger partial charge in [0.05, 0.1) is 0 Å². The Morgan fingerprint density at radius 3 is 2.19 bits per heavy atom. The monoisotopic (exact) mass is 396 g/mol. The fourth-order valence-corrected chi connectivity index (χ4v) is 4.51. The number of halogens is 2. The number of carbonyl (C=O) groups is 2. The van der Waals surface area contributed by atoms with E-state index in [2.05, 4.69) is 5.32 Å². The van der Waals surface area contributed by atoms with E-state index in [0.29, 0.717) is 5.02 Å². The highest BCUT2D eigenvalue weighted by molar-refractivity contribution is 6.30. The van der Waals surface area contributed by atoms with Crippen molar-refractivity contribution in [3.63, 3.8) is 0 Å². The smallest absolute Gasteiger partial charge is 0.247 e. The Bertz CT molecular complexity index is 623. The van der Waals surface area contributed by atoms with Crippen LogP contribution in [0.3, 0.4) is 0 Å². The molecule has 26 heavy (non-hydrogen) atoms. The molecule has 0 saturated heterocycles. The summed E-state index contributed by atoms with van der Waals surface area (Å²) in [6, 6.07) is 6.83. The van der Waals surface area contributed by atoms with Gasteiger partial charge in [0.2, 0.25) is 11.8 Å². The molecule has 0 bridgehead atoms. The molecule has 1 N–H and O–H groups in total. The molecule has 1 atom stereocenters. The lowest BCUT2D eigenvalue weighted by atomic mass is 10.0. The van der Waals surface area contributed by atoms with Gasteiger partial charge in [-0.05, 0) is 43.4 Å². The number of nitrogens with one attached hydrogen (secondary N) is 1. The molecule has 2 saturated carbocycles. The Morgan fingerprint density at radius 2 is 1.62 bits per heavy atom. The lowest BCUT2D eigenvalue weighted by molar-refractivity contribution is -0.142. The second kappa shape index (κ2) is 9.09. The van der Waals surface area contributed by atoms with E-state index in [1.165, 1.54) is 0 Å². The van der Waals surface area contributed by atoms with Crippen LogP contribution in [0, 0.1) is 0 Å². The average molecular weight is 397 g/mol.